The molecule has 106 valence electrons. The molecule has 0 fully saturated rings. The maximum Gasteiger partial charge on any atom is 0.133 e. The number of methoxy groups -OCH3 is 1. The SMILES string of the molecule is COc1ccc(CC(O)Cc2cccc(C)c2)cc1Br. The molecule has 0 aliphatic heterocycles. The molecule has 0 saturated heterocycles. The molecule has 0 spiro atoms. The van der Waals surface area contributed by atoms with Crippen LogP contribution in [0, 0.1) is 6.92 Å². The average Bonchev–Trinajstić information content (AvgIpc) is 2.38. The second-order valence-electron chi connectivity index (χ2n) is 5.02. The van der Waals surface area contributed by atoms with Gasteiger partial charge in [-0.2, -0.15) is 0 Å². The molecule has 2 rings (SSSR count). The van der Waals surface area contributed by atoms with Gasteiger partial charge in [0, 0.05) is 0 Å². The highest BCUT2D eigenvalue weighted by Crippen LogP contribution is 2.26. The molecular weight excluding hydrogens is 316 g/mol. The topological polar surface area (TPSA) is 29.5 Å². The van der Waals surface area contributed by atoms with Gasteiger partial charge in [-0.05, 0) is 59.0 Å². The van der Waals surface area contributed by atoms with Gasteiger partial charge in [0.05, 0.1) is 17.7 Å². The number of hydrogen-bond acceptors (Lipinski definition) is 2. The van der Waals surface area contributed by atoms with Gasteiger partial charge in [-0.1, -0.05) is 35.9 Å². The van der Waals surface area contributed by atoms with Crippen molar-refractivity contribution in [1.29, 1.82) is 0 Å². The van der Waals surface area contributed by atoms with Crippen LogP contribution in [0.1, 0.15) is 16.7 Å². The van der Waals surface area contributed by atoms with Crippen molar-refractivity contribution >= 4 is 15.9 Å². The number of ether oxygens (including phenoxy) is 1. The Morgan fingerprint density at radius 2 is 1.80 bits per heavy atom. The van der Waals surface area contributed by atoms with Crippen molar-refractivity contribution in [3.8, 4) is 5.75 Å². The normalized spacial score (nSPS) is 12.2. The number of benzene rings is 2. The monoisotopic (exact) mass is 334 g/mol. The van der Waals surface area contributed by atoms with Crippen LogP contribution in [-0.2, 0) is 12.8 Å². The van der Waals surface area contributed by atoms with E-state index in [0.717, 1.165) is 15.8 Å². The number of aliphatic hydroxyl groups excluding tert-OH is 1. The molecule has 0 radical (unpaired) electrons. The van der Waals surface area contributed by atoms with Crippen LogP contribution < -0.4 is 4.74 Å². The van der Waals surface area contributed by atoms with E-state index < -0.39 is 0 Å². The summed E-state index contributed by atoms with van der Waals surface area (Å²) in [6.45, 7) is 2.07. The van der Waals surface area contributed by atoms with Gasteiger partial charge in [0.2, 0.25) is 0 Å². The van der Waals surface area contributed by atoms with Crippen LogP contribution >= 0.6 is 15.9 Å². The van der Waals surface area contributed by atoms with Crippen LogP contribution in [0.25, 0.3) is 0 Å². The van der Waals surface area contributed by atoms with Crippen LogP contribution in [0.2, 0.25) is 0 Å². The zero-order valence-corrected chi connectivity index (χ0v) is 13.4. The third-order valence-electron chi connectivity index (χ3n) is 3.24. The van der Waals surface area contributed by atoms with E-state index in [0.29, 0.717) is 12.8 Å². The van der Waals surface area contributed by atoms with E-state index in [-0.39, 0.29) is 6.10 Å². The summed E-state index contributed by atoms with van der Waals surface area (Å²) in [6, 6.07) is 14.2. The number of halogens is 1. The van der Waals surface area contributed by atoms with Crippen molar-refractivity contribution in [3.05, 3.63) is 63.6 Å². The molecule has 0 bridgehead atoms. The molecule has 1 unspecified atom stereocenters. The fraction of sp³-hybridized carbons (Fsp3) is 0.294. The number of aryl methyl sites for hydroxylation is 1. The van der Waals surface area contributed by atoms with E-state index in [1.165, 1.54) is 11.1 Å². The lowest BCUT2D eigenvalue weighted by Crippen LogP contribution is -2.14. The lowest BCUT2D eigenvalue weighted by Gasteiger charge is -2.12. The van der Waals surface area contributed by atoms with E-state index in [1.807, 2.05) is 24.3 Å². The molecule has 20 heavy (non-hydrogen) atoms. The summed E-state index contributed by atoms with van der Waals surface area (Å²) in [5.74, 6) is 0.807. The first-order chi connectivity index (χ1) is 9.58. The Hall–Kier alpha value is -1.32. The van der Waals surface area contributed by atoms with Gasteiger partial charge < -0.3 is 9.84 Å². The maximum atomic E-state index is 10.2. The van der Waals surface area contributed by atoms with E-state index in [9.17, 15) is 5.11 Å². The predicted octanol–water partition coefficient (Wildman–Crippen LogP) is 3.91. The smallest absolute Gasteiger partial charge is 0.133 e. The van der Waals surface area contributed by atoms with E-state index >= 15 is 0 Å². The molecule has 2 nitrogen and oxygen atoms in total. The Labute approximate surface area is 128 Å². The van der Waals surface area contributed by atoms with E-state index in [4.69, 9.17) is 4.74 Å². The molecule has 1 atom stereocenters. The Bertz CT molecular complexity index is 581. The first-order valence-corrected chi connectivity index (χ1v) is 7.44. The van der Waals surface area contributed by atoms with E-state index in [2.05, 4.69) is 41.1 Å². The summed E-state index contributed by atoms with van der Waals surface area (Å²) in [5, 5.41) is 10.2. The zero-order valence-electron chi connectivity index (χ0n) is 11.8. The quantitative estimate of drug-likeness (QED) is 0.898. The van der Waals surface area contributed by atoms with Gasteiger partial charge in [0.1, 0.15) is 5.75 Å². The molecule has 0 aromatic heterocycles. The molecule has 0 aliphatic carbocycles. The highest BCUT2D eigenvalue weighted by molar-refractivity contribution is 9.10. The predicted molar refractivity (Wildman–Crippen MR) is 85.3 cm³/mol. The summed E-state index contributed by atoms with van der Waals surface area (Å²) in [6.07, 6.45) is 0.930. The van der Waals surface area contributed by atoms with Crippen molar-refractivity contribution < 1.29 is 9.84 Å². The van der Waals surface area contributed by atoms with Crippen molar-refractivity contribution in [2.45, 2.75) is 25.9 Å². The van der Waals surface area contributed by atoms with Crippen molar-refractivity contribution in [2.75, 3.05) is 7.11 Å². The van der Waals surface area contributed by atoms with Gasteiger partial charge in [-0.3, -0.25) is 0 Å². The van der Waals surface area contributed by atoms with Gasteiger partial charge in [0.25, 0.3) is 0 Å². The van der Waals surface area contributed by atoms with E-state index in [1.54, 1.807) is 7.11 Å². The number of hydrogen-bond donors (Lipinski definition) is 1. The first-order valence-electron chi connectivity index (χ1n) is 6.64. The molecule has 0 amide bonds. The summed E-state index contributed by atoms with van der Waals surface area (Å²) in [4.78, 5) is 0. The molecule has 0 aliphatic rings. The summed E-state index contributed by atoms with van der Waals surface area (Å²) in [7, 11) is 1.65. The zero-order chi connectivity index (χ0) is 14.5. The minimum absolute atomic E-state index is 0.378. The third-order valence-corrected chi connectivity index (χ3v) is 3.86. The fourth-order valence-corrected chi connectivity index (χ4v) is 2.88. The highest BCUT2D eigenvalue weighted by Gasteiger charge is 2.09. The maximum absolute atomic E-state index is 10.2. The number of rotatable bonds is 5. The summed E-state index contributed by atoms with van der Waals surface area (Å²) >= 11 is 3.47. The van der Waals surface area contributed by atoms with Crippen molar-refractivity contribution in [3.63, 3.8) is 0 Å². The molecule has 3 heteroatoms. The third kappa shape index (κ3) is 4.09. The van der Waals surface area contributed by atoms with Gasteiger partial charge in [-0.25, -0.2) is 0 Å². The van der Waals surface area contributed by atoms with Crippen LogP contribution in [0.15, 0.2) is 46.9 Å². The Morgan fingerprint density at radius 3 is 2.40 bits per heavy atom. The standard InChI is InChI=1S/C17H19BrO2/c1-12-4-3-5-13(8-12)9-15(19)10-14-6-7-17(20-2)16(18)11-14/h3-8,11,15,19H,9-10H2,1-2H3. The molecule has 2 aromatic rings. The lowest BCUT2D eigenvalue weighted by molar-refractivity contribution is 0.175. The van der Waals surface area contributed by atoms with Crippen molar-refractivity contribution in [2.24, 2.45) is 0 Å². The van der Waals surface area contributed by atoms with Gasteiger partial charge >= 0.3 is 0 Å². The second-order valence-corrected chi connectivity index (χ2v) is 5.87. The molecular formula is C17H19BrO2. The summed E-state index contributed by atoms with van der Waals surface area (Å²) < 4.78 is 6.12. The molecule has 2 aromatic carbocycles. The lowest BCUT2D eigenvalue weighted by atomic mass is 10.0. The van der Waals surface area contributed by atoms with Crippen LogP contribution in [0.4, 0.5) is 0 Å². The average molecular weight is 335 g/mol. The van der Waals surface area contributed by atoms with Crippen molar-refractivity contribution in [1.82, 2.24) is 0 Å². The van der Waals surface area contributed by atoms with Crippen LogP contribution in [-0.4, -0.2) is 18.3 Å². The Balaban J connectivity index is 2.01. The minimum atomic E-state index is -0.378. The van der Waals surface area contributed by atoms with Crippen LogP contribution in [0.5, 0.6) is 5.75 Å². The molecule has 1 N–H and O–H groups in total. The molecule has 0 saturated carbocycles. The fourth-order valence-electron chi connectivity index (χ4n) is 2.29. The highest BCUT2D eigenvalue weighted by atomic mass is 79.9. The minimum Gasteiger partial charge on any atom is -0.496 e. The Morgan fingerprint density at radius 1 is 1.10 bits per heavy atom. The largest absolute Gasteiger partial charge is 0.496 e. The number of aliphatic hydroxyl groups is 1. The first kappa shape index (κ1) is 15.1. The van der Waals surface area contributed by atoms with Crippen LogP contribution in [0.3, 0.4) is 0 Å². The Kier molecular flexibility index (Phi) is 5.21. The second kappa shape index (κ2) is 6.91. The molecule has 0 heterocycles. The summed E-state index contributed by atoms with van der Waals surface area (Å²) in [5.41, 5.74) is 3.49. The van der Waals surface area contributed by atoms with Gasteiger partial charge in [-0.15, -0.1) is 0 Å². The van der Waals surface area contributed by atoms with Gasteiger partial charge in [0.15, 0.2) is 0 Å².